The molecule has 0 spiro atoms. The van der Waals surface area contributed by atoms with Crippen molar-refractivity contribution in [3.05, 3.63) is 0 Å². The molecule has 1 amide bonds. The molecular formula is C10H18N2OS. The SMILES string of the molecule is CCCC1CCN(C(=O)CC(N)=S)C1. The van der Waals surface area contributed by atoms with Gasteiger partial charge in [-0.25, -0.2) is 0 Å². The highest BCUT2D eigenvalue weighted by Gasteiger charge is 2.25. The Bertz CT molecular complexity index is 230. The lowest BCUT2D eigenvalue weighted by atomic mass is 10.0. The summed E-state index contributed by atoms with van der Waals surface area (Å²) >= 11 is 4.72. The molecule has 1 aliphatic rings. The summed E-state index contributed by atoms with van der Waals surface area (Å²) in [6.07, 6.45) is 3.78. The van der Waals surface area contributed by atoms with Gasteiger partial charge in [-0.3, -0.25) is 4.79 Å². The van der Waals surface area contributed by atoms with Crippen molar-refractivity contribution in [2.75, 3.05) is 13.1 Å². The van der Waals surface area contributed by atoms with Crippen LogP contribution in [0.4, 0.5) is 0 Å². The Hall–Kier alpha value is -0.640. The first-order chi connectivity index (χ1) is 6.63. The largest absolute Gasteiger partial charge is 0.393 e. The molecule has 3 nitrogen and oxygen atoms in total. The van der Waals surface area contributed by atoms with Crippen molar-refractivity contribution < 1.29 is 4.79 Å². The Morgan fingerprint density at radius 3 is 2.93 bits per heavy atom. The molecule has 1 atom stereocenters. The number of rotatable bonds is 4. The molecule has 0 aromatic heterocycles. The van der Waals surface area contributed by atoms with Crippen molar-refractivity contribution in [1.29, 1.82) is 0 Å². The molecule has 2 N–H and O–H groups in total. The highest BCUT2D eigenvalue weighted by Crippen LogP contribution is 2.21. The van der Waals surface area contributed by atoms with Gasteiger partial charge in [0.25, 0.3) is 0 Å². The molecule has 1 aliphatic heterocycles. The van der Waals surface area contributed by atoms with Gasteiger partial charge in [0.05, 0.1) is 11.4 Å². The summed E-state index contributed by atoms with van der Waals surface area (Å²) in [5.41, 5.74) is 5.34. The molecule has 1 fully saturated rings. The maximum absolute atomic E-state index is 11.6. The van der Waals surface area contributed by atoms with Gasteiger partial charge < -0.3 is 10.6 Å². The van der Waals surface area contributed by atoms with Crippen molar-refractivity contribution in [2.45, 2.75) is 32.6 Å². The van der Waals surface area contributed by atoms with E-state index < -0.39 is 0 Å². The Morgan fingerprint density at radius 1 is 1.64 bits per heavy atom. The zero-order valence-electron chi connectivity index (χ0n) is 8.66. The molecule has 1 rings (SSSR count). The van der Waals surface area contributed by atoms with Crippen molar-refractivity contribution in [3.8, 4) is 0 Å². The molecule has 80 valence electrons. The molecule has 14 heavy (non-hydrogen) atoms. The number of nitrogens with zero attached hydrogens (tertiary/aromatic N) is 1. The van der Waals surface area contributed by atoms with E-state index in [9.17, 15) is 4.79 Å². The maximum Gasteiger partial charge on any atom is 0.229 e. The van der Waals surface area contributed by atoms with Gasteiger partial charge in [0.15, 0.2) is 0 Å². The molecule has 0 bridgehead atoms. The third-order valence-electron chi connectivity index (χ3n) is 2.66. The van der Waals surface area contributed by atoms with Crippen LogP contribution in [0.1, 0.15) is 32.6 Å². The van der Waals surface area contributed by atoms with Crippen LogP contribution in [0.25, 0.3) is 0 Å². The average molecular weight is 214 g/mol. The van der Waals surface area contributed by atoms with E-state index in [4.69, 9.17) is 18.0 Å². The Kier molecular flexibility index (Phi) is 4.32. The van der Waals surface area contributed by atoms with Crippen LogP contribution in [0.5, 0.6) is 0 Å². The van der Waals surface area contributed by atoms with Gasteiger partial charge in [0, 0.05) is 13.1 Å². The fourth-order valence-corrected chi connectivity index (χ4v) is 2.09. The summed E-state index contributed by atoms with van der Waals surface area (Å²) in [5, 5.41) is 0. The number of likely N-dealkylation sites (tertiary alicyclic amines) is 1. The number of carbonyl (C=O) groups excluding carboxylic acids is 1. The summed E-state index contributed by atoms with van der Waals surface area (Å²) in [6.45, 7) is 3.96. The minimum atomic E-state index is 0.0936. The van der Waals surface area contributed by atoms with Crippen LogP contribution < -0.4 is 5.73 Å². The molecule has 1 heterocycles. The molecule has 0 aromatic carbocycles. The van der Waals surface area contributed by atoms with Crippen LogP contribution in [0.2, 0.25) is 0 Å². The summed E-state index contributed by atoms with van der Waals surface area (Å²) in [7, 11) is 0. The molecule has 0 aromatic rings. The second kappa shape index (κ2) is 5.29. The molecule has 4 heteroatoms. The summed E-state index contributed by atoms with van der Waals surface area (Å²) in [6, 6.07) is 0. The topological polar surface area (TPSA) is 46.3 Å². The Labute approximate surface area is 90.6 Å². The quantitative estimate of drug-likeness (QED) is 0.718. The molecular weight excluding hydrogens is 196 g/mol. The van der Waals surface area contributed by atoms with E-state index >= 15 is 0 Å². The molecule has 0 saturated carbocycles. The fourth-order valence-electron chi connectivity index (χ4n) is 1.96. The first-order valence-corrected chi connectivity index (χ1v) is 5.60. The lowest BCUT2D eigenvalue weighted by molar-refractivity contribution is -0.128. The number of amides is 1. The third kappa shape index (κ3) is 3.25. The number of nitrogens with two attached hydrogens (primary N) is 1. The van der Waals surface area contributed by atoms with E-state index in [-0.39, 0.29) is 12.3 Å². The highest BCUT2D eigenvalue weighted by atomic mass is 32.1. The van der Waals surface area contributed by atoms with Crippen molar-refractivity contribution in [1.82, 2.24) is 4.90 Å². The first kappa shape index (κ1) is 11.4. The van der Waals surface area contributed by atoms with Crippen molar-refractivity contribution >= 4 is 23.1 Å². The van der Waals surface area contributed by atoms with Crippen LogP contribution in [-0.2, 0) is 4.79 Å². The van der Waals surface area contributed by atoms with Gasteiger partial charge in [-0.05, 0) is 18.8 Å². The molecule has 0 aliphatic carbocycles. The number of carbonyl (C=O) groups is 1. The van der Waals surface area contributed by atoms with Crippen molar-refractivity contribution in [3.63, 3.8) is 0 Å². The zero-order valence-corrected chi connectivity index (χ0v) is 9.48. The summed E-state index contributed by atoms with van der Waals surface area (Å²) in [4.78, 5) is 13.8. The standard InChI is InChI=1S/C10H18N2OS/c1-2-3-8-4-5-12(7-8)10(13)6-9(11)14/h8H,2-7H2,1H3,(H2,11,14). The molecule has 0 radical (unpaired) electrons. The van der Waals surface area contributed by atoms with Gasteiger partial charge in [0.2, 0.25) is 5.91 Å². The van der Waals surface area contributed by atoms with Crippen LogP contribution in [0, 0.1) is 5.92 Å². The second-order valence-corrected chi connectivity index (χ2v) is 4.45. The minimum Gasteiger partial charge on any atom is -0.393 e. The van der Waals surface area contributed by atoms with E-state index in [0.29, 0.717) is 10.9 Å². The number of thiocarbonyl (C=S) groups is 1. The average Bonchev–Trinajstić information content (AvgIpc) is 2.52. The van der Waals surface area contributed by atoms with E-state index in [0.717, 1.165) is 19.5 Å². The van der Waals surface area contributed by atoms with Crippen LogP contribution in [-0.4, -0.2) is 28.9 Å². The Balaban J connectivity index is 2.34. The number of hydrogen-bond acceptors (Lipinski definition) is 2. The molecule has 1 unspecified atom stereocenters. The van der Waals surface area contributed by atoms with Crippen LogP contribution in [0.15, 0.2) is 0 Å². The summed E-state index contributed by atoms with van der Waals surface area (Å²) < 4.78 is 0. The normalized spacial score (nSPS) is 21.2. The van der Waals surface area contributed by atoms with E-state index in [2.05, 4.69) is 6.92 Å². The lowest BCUT2D eigenvalue weighted by Gasteiger charge is -2.15. The third-order valence-corrected chi connectivity index (χ3v) is 2.81. The number of hydrogen-bond donors (Lipinski definition) is 1. The monoisotopic (exact) mass is 214 g/mol. The van der Waals surface area contributed by atoms with E-state index in [1.165, 1.54) is 12.8 Å². The predicted octanol–water partition coefficient (Wildman–Crippen LogP) is 1.31. The maximum atomic E-state index is 11.6. The fraction of sp³-hybridized carbons (Fsp3) is 0.800. The second-order valence-electron chi connectivity index (χ2n) is 3.93. The smallest absolute Gasteiger partial charge is 0.229 e. The Morgan fingerprint density at radius 2 is 2.36 bits per heavy atom. The van der Waals surface area contributed by atoms with E-state index in [1.54, 1.807) is 0 Å². The molecule has 1 saturated heterocycles. The zero-order chi connectivity index (χ0) is 10.6. The van der Waals surface area contributed by atoms with Crippen molar-refractivity contribution in [2.24, 2.45) is 11.7 Å². The van der Waals surface area contributed by atoms with Gasteiger partial charge in [-0.15, -0.1) is 0 Å². The van der Waals surface area contributed by atoms with Gasteiger partial charge in [-0.1, -0.05) is 25.6 Å². The van der Waals surface area contributed by atoms with E-state index in [1.807, 2.05) is 4.90 Å². The van der Waals surface area contributed by atoms with Crippen LogP contribution in [0.3, 0.4) is 0 Å². The highest BCUT2D eigenvalue weighted by molar-refractivity contribution is 7.80. The van der Waals surface area contributed by atoms with Gasteiger partial charge >= 0.3 is 0 Å². The lowest BCUT2D eigenvalue weighted by Crippen LogP contribution is -2.31. The first-order valence-electron chi connectivity index (χ1n) is 5.19. The predicted molar refractivity (Wildman–Crippen MR) is 61.0 cm³/mol. The van der Waals surface area contributed by atoms with Gasteiger partial charge in [0.1, 0.15) is 0 Å². The van der Waals surface area contributed by atoms with Crippen LogP contribution >= 0.6 is 12.2 Å². The minimum absolute atomic E-state index is 0.0936. The van der Waals surface area contributed by atoms with Gasteiger partial charge in [-0.2, -0.15) is 0 Å². The summed E-state index contributed by atoms with van der Waals surface area (Å²) in [5.74, 6) is 0.784.